The monoisotopic (exact) mass is 317 g/mol. The summed E-state index contributed by atoms with van der Waals surface area (Å²) < 4.78 is 28.2. The van der Waals surface area contributed by atoms with Crippen LogP contribution in [0.3, 0.4) is 0 Å². The van der Waals surface area contributed by atoms with Gasteiger partial charge in [-0.25, -0.2) is 13.6 Å². The number of sulfonamides is 1. The molecule has 1 aliphatic rings. The normalized spacial score (nSPS) is 23.6. The zero-order valence-corrected chi connectivity index (χ0v) is 13.1. The lowest BCUT2D eigenvalue weighted by atomic mass is 9.83. The Kier molecular flexibility index (Phi) is 4.94. The van der Waals surface area contributed by atoms with Gasteiger partial charge in [0.1, 0.15) is 5.75 Å². The second-order valence-corrected chi connectivity index (χ2v) is 7.55. The van der Waals surface area contributed by atoms with Crippen molar-refractivity contribution in [1.82, 2.24) is 0 Å². The van der Waals surface area contributed by atoms with E-state index in [0.717, 1.165) is 5.92 Å². The summed E-state index contributed by atoms with van der Waals surface area (Å²) in [6, 6.07) is 4.31. The summed E-state index contributed by atoms with van der Waals surface area (Å²) in [5, 5.41) is 5.33. The van der Waals surface area contributed by atoms with Gasteiger partial charge in [-0.3, -0.25) is 0 Å². The minimum absolute atomic E-state index is 0.00105. The molecule has 6 heteroatoms. The molecule has 2 atom stereocenters. The van der Waals surface area contributed by atoms with Crippen molar-refractivity contribution in [2.24, 2.45) is 17.0 Å². The maximum atomic E-state index is 11.2. The molecule has 0 radical (unpaired) electrons. The maximum absolute atomic E-state index is 11.2. The Hall–Kier alpha value is -0.780. The van der Waals surface area contributed by atoms with Crippen LogP contribution in [0.5, 0.6) is 5.75 Å². The molecule has 1 aliphatic carbocycles. The van der Waals surface area contributed by atoms with Crippen molar-refractivity contribution in [2.75, 3.05) is 6.61 Å². The summed E-state index contributed by atoms with van der Waals surface area (Å²) in [6.45, 7) is 2.89. The van der Waals surface area contributed by atoms with Crippen LogP contribution in [0.15, 0.2) is 23.1 Å². The van der Waals surface area contributed by atoms with Gasteiger partial charge in [-0.05, 0) is 42.9 Å². The molecule has 1 fully saturated rings. The minimum atomic E-state index is -3.72. The number of rotatable bonds is 4. The van der Waals surface area contributed by atoms with Gasteiger partial charge in [-0.1, -0.05) is 31.4 Å². The van der Waals surface area contributed by atoms with Gasteiger partial charge in [-0.15, -0.1) is 0 Å². The molecule has 0 heterocycles. The highest BCUT2D eigenvalue weighted by Crippen LogP contribution is 2.31. The van der Waals surface area contributed by atoms with Crippen LogP contribution >= 0.6 is 11.6 Å². The lowest BCUT2D eigenvalue weighted by Crippen LogP contribution is -2.19. The summed E-state index contributed by atoms with van der Waals surface area (Å²) in [5.41, 5.74) is 0. The molecule has 0 amide bonds. The average Bonchev–Trinajstić information content (AvgIpc) is 2.36. The number of primary sulfonamides is 1. The van der Waals surface area contributed by atoms with Gasteiger partial charge in [-0.2, -0.15) is 0 Å². The van der Waals surface area contributed by atoms with Crippen LogP contribution in [0.25, 0.3) is 0 Å². The van der Waals surface area contributed by atoms with Crippen LogP contribution in [0.2, 0.25) is 5.02 Å². The first-order valence-electron chi connectivity index (χ1n) is 6.81. The highest BCUT2D eigenvalue weighted by atomic mass is 35.5. The average molecular weight is 318 g/mol. The molecule has 0 aromatic heterocycles. The third-order valence-electron chi connectivity index (χ3n) is 3.75. The van der Waals surface area contributed by atoms with Crippen molar-refractivity contribution >= 4 is 21.6 Å². The molecule has 4 nitrogen and oxygen atoms in total. The van der Waals surface area contributed by atoms with E-state index in [1.165, 1.54) is 37.8 Å². The molecule has 0 aliphatic heterocycles. The van der Waals surface area contributed by atoms with Gasteiger partial charge in [0.2, 0.25) is 10.0 Å². The molecule has 0 bridgehead atoms. The molecule has 2 unspecified atom stereocenters. The summed E-state index contributed by atoms with van der Waals surface area (Å²) >= 11 is 6.04. The summed E-state index contributed by atoms with van der Waals surface area (Å²) in [5.74, 6) is 1.81. The van der Waals surface area contributed by atoms with E-state index in [0.29, 0.717) is 18.3 Å². The van der Waals surface area contributed by atoms with Crippen molar-refractivity contribution in [3.05, 3.63) is 23.2 Å². The van der Waals surface area contributed by atoms with Crippen molar-refractivity contribution in [2.45, 2.75) is 37.5 Å². The van der Waals surface area contributed by atoms with Crippen LogP contribution in [-0.2, 0) is 10.0 Å². The number of hydrogen-bond acceptors (Lipinski definition) is 3. The Balaban J connectivity index is 2.00. The van der Waals surface area contributed by atoms with Crippen molar-refractivity contribution in [3.8, 4) is 5.75 Å². The molecule has 2 N–H and O–H groups in total. The van der Waals surface area contributed by atoms with E-state index in [2.05, 4.69) is 6.92 Å². The van der Waals surface area contributed by atoms with Gasteiger partial charge in [0.25, 0.3) is 0 Å². The van der Waals surface area contributed by atoms with Gasteiger partial charge in [0, 0.05) is 0 Å². The first-order valence-corrected chi connectivity index (χ1v) is 8.74. The Morgan fingerprint density at radius 1 is 1.40 bits per heavy atom. The zero-order chi connectivity index (χ0) is 14.8. The van der Waals surface area contributed by atoms with Crippen molar-refractivity contribution in [3.63, 3.8) is 0 Å². The van der Waals surface area contributed by atoms with Gasteiger partial charge < -0.3 is 4.74 Å². The fraction of sp³-hybridized carbons (Fsp3) is 0.571. The van der Waals surface area contributed by atoms with E-state index in [9.17, 15) is 8.42 Å². The zero-order valence-electron chi connectivity index (χ0n) is 11.5. The summed E-state index contributed by atoms with van der Waals surface area (Å²) in [6.07, 6.45) is 4.89. The van der Waals surface area contributed by atoms with Gasteiger partial charge in [0.05, 0.1) is 16.5 Å². The first kappa shape index (κ1) is 15.6. The fourth-order valence-electron chi connectivity index (χ4n) is 2.69. The number of benzene rings is 1. The molecule has 20 heavy (non-hydrogen) atoms. The Morgan fingerprint density at radius 2 is 2.15 bits per heavy atom. The summed E-state index contributed by atoms with van der Waals surface area (Å²) in [7, 11) is -3.72. The number of halogens is 1. The Bertz CT molecular complexity index is 574. The van der Waals surface area contributed by atoms with E-state index in [1.807, 2.05) is 0 Å². The van der Waals surface area contributed by atoms with E-state index >= 15 is 0 Å². The fourth-order valence-corrected chi connectivity index (χ4v) is 3.53. The van der Waals surface area contributed by atoms with Gasteiger partial charge >= 0.3 is 0 Å². The molecule has 1 aromatic carbocycles. The lowest BCUT2D eigenvalue weighted by Gasteiger charge is -2.26. The van der Waals surface area contributed by atoms with E-state index in [-0.39, 0.29) is 9.92 Å². The SMILES string of the molecule is CC1CCCC(COc2ccc(S(N)(=O)=O)cc2Cl)C1. The predicted molar refractivity (Wildman–Crippen MR) is 79.4 cm³/mol. The number of hydrogen-bond donors (Lipinski definition) is 1. The van der Waals surface area contributed by atoms with E-state index < -0.39 is 10.0 Å². The third kappa shape index (κ3) is 4.11. The molecule has 0 spiro atoms. The quantitative estimate of drug-likeness (QED) is 0.927. The molecule has 1 saturated carbocycles. The predicted octanol–water partition coefficient (Wildman–Crippen LogP) is 3.19. The van der Waals surface area contributed by atoms with Crippen LogP contribution in [0, 0.1) is 11.8 Å². The molecule has 2 rings (SSSR count). The molecular weight excluding hydrogens is 298 g/mol. The Labute approximate surface area is 125 Å². The standard InChI is InChI=1S/C14H20ClNO3S/c1-10-3-2-4-11(7-10)9-19-14-6-5-12(8-13(14)15)20(16,17)18/h5-6,8,10-11H,2-4,7,9H2,1H3,(H2,16,17,18). The Morgan fingerprint density at radius 3 is 2.75 bits per heavy atom. The molecule has 1 aromatic rings. The van der Waals surface area contributed by atoms with Crippen LogP contribution < -0.4 is 9.88 Å². The first-order chi connectivity index (χ1) is 9.36. The smallest absolute Gasteiger partial charge is 0.238 e. The van der Waals surface area contributed by atoms with Gasteiger partial charge in [0.15, 0.2) is 0 Å². The van der Waals surface area contributed by atoms with Crippen LogP contribution in [-0.4, -0.2) is 15.0 Å². The summed E-state index contributed by atoms with van der Waals surface area (Å²) in [4.78, 5) is 0.00105. The van der Waals surface area contributed by atoms with Crippen molar-refractivity contribution < 1.29 is 13.2 Å². The van der Waals surface area contributed by atoms with E-state index in [1.54, 1.807) is 6.07 Å². The molecular formula is C14H20ClNO3S. The van der Waals surface area contributed by atoms with Crippen LogP contribution in [0.4, 0.5) is 0 Å². The highest BCUT2D eigenvalue weighted by Gasteiger charge is 2.20. The lowest BCUT2D eigenvalue weighted by molar-refractivity contribution is 0.182. The second kappa shape index (κ2) is 6.33. The minimum Gasteiger partial charge on any atom is -0.492 e. The largest absolute Gasteiger partial charge is 0.492 e. The topological polar surface area (TPSA) is 69.4 Å². The van der Waals surface area contributed by atoms with E-state index in [4.69, 9.17) is 21.5 Å². The van der Waals surface area contributed by atoms with Crippen molar-refractivity contribution in [1.29, 1.82) is 0 Å². The number of nitrogens with two attached hydrogens (primary N) is 1. The molecule has 0 saturated heterocycles. The maximum Gasteiger partial charge on any atom is 0.238 e. The second-order valence-electron chi connectivity index (χ2n) is 5.59. The van der Waals surface area contributed by atoms with Crippen LogP contribution in [0.1, 0.15) is 32.6 Å². The number of ether oxygens (including phenoxy) is 1. The highest BCUT2D eigenvalue weighted by molar-refractivity contribution is 7.89. The molecule has 112 valence electrons. The third-order valence-corrected chi connectivity index (χ3v) is 4.96.